The minimum atomic E-state index is -0.459. The average Bonchev–Trinajstić information content (AvgIpc) is 2.33. The van der Waals surface area contributed by atoms with Crippen molar-refractivity contribution in [2.75, 3.05) is 21.3 Å². The first-order valence-electron chi connectivity index (χ1n) is 5.05. The second kappa shape index (κ2) is 6.22. The lowest BCUT2D eigenvalue weighted by Gasteiger charge is -2.11. The van der Waals surface area contributed by atoms with Crippen molar-refractivity contribution < 1.29 is 24.1 Å². The highest BCUT2D eigenvalue weighted by Gasteiger charge is 2.14. The smallest absolute Gasteiger partial charge is 0.337 e. The normalized spacial score (nSPS) is 10.3. The zero-order valence-electron chi connectivity index (χ0n) is 10.1. The lowest BCUT2D eigenvalue weighted by molar-refractivity contribution is 0.0600. The SMILES string of the molecule is COCc1cc(C(=O)OC)cc(COC)c1O. The summed E-state index contributed by atoms with van der Waals surface area (Å²) in [5.41, 5.74) is 1.43. The van der Waals surface area contributed by atoms with Gasteiger partial charge < -0.3 is 19.3 Å². The first-order chi connectivity index (χ1) is 8.13. The quantitative estimate of drug-likeness (QED) is 0.789. The van der Waals surface area contributed by atoms with E-state index in [1.807, 2.05) is 0 Å². The molecule has 0 saturated carbocycles. The average molecular weight is 240 g/mol. The van der Waals surface area contributed by atoms with Crippen molar-refractivity contribution in [3.05, 3.63) is 28.8 Å². The van der Waals surface area contributed by atoms with Crippen LogP contribution in [0.25, 0.3) is 0 Å². The minimum absolute atomic E-state index is 0.0846. The van der Waals surface area contributed by atoms with Crippen molar-refractivity contribution in [2.24, 2.45) is 0 Å². The topological polar surface area (TPSA) is 65.0 Å². The molecule has 0 heterocycles. The molecule has 1 aromatic carbocycles. The van der Waals surface area contributed by atoms with Gasteiger partial charge in [0, 0.05) is 25.3 Å². The van der Waals surface area contributed by atoms with E-state index in [1.54, 1.807) is 12.1 Å². The van der Waals surface area contributed by atoms with Crippen molar-refractivity contribution >= 4 is 5.97 Å². The van der Waals surface area contributed by atoms with Gasteiger partial charge in [-0.05, 0) is 12.1 Å². The Morgan fingerprint density at radius 3 is 1.94 bits per heavy atom. The summed E-state index contributed by atoms with van der Waals surface area (Å²) in [6.45, 7) is 0.431. The van der Waals surface area contributed by atoms with Crippen LogP contribution < -0.4 is 0 Å². The van der Waals surface area contributed by atoms with E-state index in [1.165, 1.54) is 21.3 Å². The molecule has 0 atom stereocenters. The van der Waals surface area contributed by atoms with Crippen LogP contribution >= 0.6 is 0 Å². The van der Waals surface area contributed by atoms with Gasteiger partial charge in [-0.2, -0.15) is 0 Å². The number of benzene rings is 1. The van der Waals surface area contributed by atoms with Gasteiger partial charge in [-0.15, -0.1) is 0 Å². The maximum absolute atomic E-state index is 11.5. The fourth-order valence-electron chi connectivity index (χ4n) is 1.53. The maximum Gasteiger partial charge on any atom is 0.337 e. The summed E-state index contributed by atoms with van der Waals surface area (Å²) >= 11 is 0. The Labute approximate surface area is 99.9 Å². The summed E-state index contributed by atoms with van der Waals surface area (Å²) in [4.78, 5) is 11.5. The van der Waals surface area contributed by atoms with Gasteiger partial charge in [-0.3, -0.25) is 0 Å². The molecule has 17 heavy (non-hydrogen) atoms. The number of hydrogen-bond donors (Lipinski definition) is 1. The third kappa shape index (κ3) is 3.18. The van der Waals surface area contributed by atoms with E-state index < -0.39 is 5.97 Å². The Balaban J connectivity index is 3.20. The number of rotatable bonds is 5. The summed E-state index contributed by atoms with van der Waals surface area (Å²) in [6.07, 6.45) is 0. The Morgan fingerprint density at radius 2 is 1.59 bits per heavy atom. The third-order valence-electron chi connectivity index (χ3n) is 2.29. The molecule has 0 aliphatic rings. The van der Waals surface area contributed by atoms with Crippen LogP contribution in [0.2, 0.25) is 0 Å². The predicted octanol–water partition coefficient (Wildman–Crippen LogP) is 1.47. The molecule has 0 amide bonds. The fourth-order valence-corrected chi connectivity index (χ4v) is 1.53. The molecular weight excluding hydrogens is 224 g/mol. The molecule has 94 valence electrons. The van der Waals surface area contributed by atoms with Crippen LogP contribution in [0.4, 0.5) is 0 Å². The molecule has 1 aromatic rings. The first-order valence-corrected chi connectivity index (χ1v) is 5.05. The van der Waals surface area contributed by atoms with Crippen LogP contribution in [0.1, 0.15) is 21.5 Å². The number of methoxy groups -OCH3 is 3. The lowest BCUT2D eigenvalue weighted by Crippen LogP contribution is -2.05. The summed E-state index contributed by atoms with van der Waals surface area (Å²) in [5.74, 6) is -0.374. The van der Waals surface area contributed by atoms with Crippen LogP contribution in [0.15, 0.2) is 12.1 Å². The molecule has 0 saturated heterocycles. The van der Waals surface area contributed by atoms with Crippen LogP contribution in [0, 0.1) is 0 Å². The van der Waals surface area contributed by atoms with Crippen molar-refractivity contribution in [3.63, 3.8) is 0 Å². The van der Waals surface area contributed by atoms with Crippen molar-refractivity contribution in [3.8, 4) is 5.75 Å². The molecule has 5 heteroatoms. The Bertz CT molecular complexity index is 373. The number of ether oxygens (including phenoxy) is 3. The summed E-state index contributed by atoms with van der Waals surface area (Å²) < 4.78 is 14.6. The number of aromatic hydroxyl groups is 1. The van der Waals surface area contributed by atoms with Crippen molar-refractivity contribution in [2.45, 2.75) is 13.2 Å². The highest BCUT2D eigenvalue weighted by Crippen LogP contribution is 2.26. The minimum Gasteiger partial charge on any atom is -0.507 e. The third-order valence-corrected chi connectivity index (χ3v) is 2.29. The highest BCUT2D eigenvalue weighted by atomic mass is 16.5. The van der Waals surface area contributed by atoms with E-state index in [9.17, 15) is 9.90 Å². The largest absolute Gasteiger partial charge is 0.507 e. The molecule has 0 radical (unpaired) electrons. The number of hydrogen-bond acceptors (Lipinski definition) is 5. The van der Waals surface area contributed by atoms with Gasteiger partial charge in [0.25, 0.3) is 0 Å². The second-order valence-corrected chi connectivity index (χ2v) is 3.50. The molecule has 0 spiro atoms. The van der Waals surface area contributed by atoms with Crippen LogP contribution in [-0.2, 0) is 27.4 Å². The van der Waals surface area contributed by atoms with Gasteiger partial charge in [-0.25, -0.2) is 4.79 Å². The predicted molar refractivity (Wildman–Crippen MR) is 60.9 cm³/mol. The van der Waals surface area contributed by atoms with E-state index in [2.05, 4.69) is 4.74 Å². The standard InChI is InChI=1S/C12H16O5/c1-15-6-9-4-8(12(14)17-3)5-10(7-16-2)11(9)13/h4-5,13H,6-7H2,1-3H3. The Morgan fingerprint density at radius 1 is 1.12 bits per heavy atom. The molecule has 0 aliphatic heterocycles. The molecule has 0 bridgehead atoms. The second-order valence-electron chi connectivity index (χ2n) is 3.50. The van der Waals surface area contributed by atoms with E-state index in [-0.39, 0.29) is 19.0 Å². The van der Waals surface area contributed by atoms with Crippen molar-refractivity contribution in [1.29, 1.82) is 0 Å². The number of carbonyl (C=O) groups is 1. The van der Waals surface area contributed by atoms with Crippen LogP contribution in [-0.4, -0.2) is 32.4 Å². The van der Waals surface area contributed by atoms with E-state index >= 15 is 0 Å². The van der Waals surface area contributed by atoms with Gasteiger partial charge in [0.05, 0.1) is 25.9 Å². The fraction of sp³-hybridized carbons (Fsp3) is 0.417. The number of esters is 1. The summed E-state index contributed by atoms with van der Waals surface area (Å²) in [7, 11) is 4.33. The molecule has 1 N–H and O–H groups in total. The summed E-state index contributed by atoms with van der Waals surface area (Å²) in [5, 5.41) is 9.92. The van der Waals surface area contributed by atoms with Gasteiger partial charge in [0.15, 0.2) is 0 Å². The zero-order chi connectivity index (χ0) is 12.8. The first kappa shape index (κ1) is 13.5. The van der Waals surface area contributed by atoms with E-state index in [0.29, 0.717) is 16.7 Å². The monoisotopic (exact) mass is 240 g/mol. The number of phenolic OH excluding ortho intramolecular Hbond substituents is 1. The van der Waals surface area contributed by atoms with Gasteiger partial charge >= 0.3 is 5.97 Å². The van der Waals surface area contributed by atoms with Crippen LogP contribution in [0.3, 0.4) is 0 Å². The molecule has 1 rings (SSSR count). The molecular formula is C12H16O5. The maximum atomic E-state index is 11.5. The van der Waals surface area contributed by atoms with Gasteiger partial charge in [-0.1, -0.05) is 0 Å². The Kier molecular flexibility index (Phi) is 4.93. The lowest BCUT2D eigenvalue weighted by atomic mass is 10.0. The number of carbonyl (C=O) groups excluding carboxylic acids is 1. The number of phenols is 1. The zero-order valence-corrected chi connectivity index (χ0v) is 10.1. The highest BCUT2D eigenvalue weighted by molar-refractivity contribution is 5.90. The van der Waals surface area contributed by atoms with E-state index in [0.717, 1.165) is 0 Å². The molecule has 0 fully saturated rings. The van der Waals surface area contributed by atoms with Crippen molar-refractivity contribution in [1.82, 2.24) is 0 Å². The molecule has 5 nitrogen and oxygen atoms in total. The van der Waals surface area contributed by atoms with E-state index in [4.69, 9.17) is 9.47 Å². The summed E-state index contributed by atoms with van der Waals surface area (Å²) in [6, 6.07) is 3.09. The molecule has 0 unspecified atom stereocenters. The Hall–Kier alpha value is -1.59. The van der Waals surface area contributed by atoms with Gasteiger partial charge in [0.1, 0.15) is 5.75 Å². The van der Waals surface area contributed by atoms with Crippen LogP contribution in [0.5, 0.6) is 5.75 Å². The molecule has 0 aliphatic carbocycles. The van der Waals surface area contributed by atoms with Gasteiger partial charge in [0.2, 0.25) is 0 Å². The molecule has 0 aromatic heterocycles.